The van der Waals surface area contributed by atoms with E-state index < -0.39 is 6.04 Å². The molecule has 9 aromatic carbocycles. The van der Waals surface area contributed by atoms with Crippen molar-refractivity contribution in [2.75, 3.05) is 4.90 Å². The fraction of sp³-hybridized carbons (Fsp3) is 0. The molecule has 0 saturated heterocycles. The highest BCUT2D eigenvalue weighted by Gasteiger charge is 2.18. The first-order chi connectivity index (χ1) is 28.3. The standard InChI is InChI=1S/C50H32N2O/c1-2-10-33(11-3-1)34-18-24-38(25-19-34)51(41-28-22-36-23-29-45-44-14-6-9-17-49(44)53-50(45)46(36)32-41)39-26-20-35-21-27-40(31-37(35)30-39)52-47-15-7-4-12-42(47)43-13-5-8-16-48(43)52/h1-32H/i1D,2D,3D,10D,11D. The molecule has 0 aliphatic carbocycles. The van der Waals surface area contributed by atoms with Gasteiger partial charge in [-0.2, -0.15) is 0 Å². The summed E-state index contributed by atoms with van der Waals surface area (Å²) in [6.45, 7) is 0. The Kier molecular flexibility index (Phi) is 5.52. The Labute approximate surface area is 313 Å². The van der Waals surface area contributed by atoms with Crippen molar-refractivity contribution in [1.29, 1.82) is 0 Å². The summed E-state index contributed by atoms with van der Waals surface area (Å²) in [6.07, 6.45) is 0. The molecule has 0 unspecified atom stereocenters. The molecule has 0 N–H and O–H groups in total. The minimum absolute atomic E-state index is 0.172. The predicted molar refractivity (Wildman–Crippen MR) is 223 cm³/mol. The van der Waals surface area contributed by atoms with Crippen LogP contribution in [-0.2, 0) is 0 Å². The number of furan rings is 1. The van der Waals surface area contributed by atoms with E-state index in [9.17, 15) is 0 Å². The summed E-state index contributed by atoms with van der Waals surface area (Å²) in [5.74, 6) is 0. The second-order valence-corrected chi connectivity index (χ2v) is 13.4. The van der Waals surface area contributed by atoms with Crippen molar-refractivity contribution in [3.63, 3.8) is 0 Å². The van der Waals surface area contributed by atoms with E-state index in [2.05, 4.69) is 131 Å². The average Bonchev–Trinajstić information content (AvgIpc) is 3.82. The van der Waals surface area contributed by atoms with Crippen LogP contribution >= 0.6 is 0 Å². The first kappa shape index (κ1) is 25.0. The van der Waals surface area contributed by atoms with Crippen LogP contribution < -0.4 is 4.90 Å². The summed E-state index contributed by atoms with van der Waals surface area (Å²) in [5.41, 5.74) is 8.41. The fourth-order valence-corrected chi connectivity index (χ4v) is 7.95. The zero-order valence-electron chi connectivity index (χ0n) is 33.4. The summed E-state index contributed by atoms with van der Waals surface area (Å²) in [4.78, 5) is 2.19. The molecule has 0 amide bonds. The molecule has 3 nitrogen and oxygen atoms in total. The number of hydrogen-bond donors (Lipinski definition) is 0. The number of hydrogen-bond acceptors (Lipinski definition) is 2. The molecule has 11 aromatic rings. The molecule has 2 heterocycles. The molecule has 3 heteroatoms. The van der Waals surface area contributed by atoms with Crippen molar-refractivity contribution in [3.05, 3.63) is 194 Å². The fourth-order valence-electron chi connectivity index (χ4n) is 7.95. The number of nitrogens with zero attached hydrogens (tertiary/aromatic N) is 2. The van der Waals surface area contributed by atoms with Gasteiger partial charge in [0.25, 0.3) is 0 Å². The zero-order valence-corrected chi connectivity index (χ0v) is 28.4. The van der Waals surface area contributed by atoms with Gasteiger partial charge >= 0.3 is 0 Å². The van der Waals surface area contributed by atoms with Gasteiger partial charge in [-0.15, -0.1) is 0 Å². The second-order valence-electron chi connectivity index (χ2n) is 13.4. The zero-order chi connectivity index (χ0) is 39.2. The molecule has 0 bridgehead atoms. The van der Waals surface area contributed by atoms with Crippen LogP contribution in [0.4, 0.5) is 17.1 Å². The van der Waals surface area contributed by atoms with Gasteiger partial charge in [0.1, 0.15) is 11.2 Å². The Morgan fingerprint density at radius 2 is 1.06 bits per heavy atom. The van der Waals surface area contributed by atoms with Gasteiger partial charge in [0.15, 0.2) is 0 Å². The number of anilines is 3. The van der Waals surface area contributed by atoms with Crippen LogP contribution in [0.25, 0.3) is 82.1 Å². The first-order valence-electron chi connectivity index (χ1n) is 20.2. The summed E-state index contributed by atoms with van der Waals surface area (Å²) < 4.78 is 50.6. The molecule has 0 radical (unpaired) electrons. The summed E-state index contributed by atoms with van der Waals surface area (Å²) >= 11 is 0. The van der Waals surface area contributed by atoms with Gasteiger partial charge in [-0.3, -0.25) is 0 Å². The van der Waals surface area contributed by atoms with Crippen LogP contribution in [0.2, 0.25) is 0 Å². The molecule has 0 aliphatic rings. The Hall–Kier alpha value is -7.10. The Balaban J connectivity index is 1.11. The minimum atomic E-state index is -0.408. The minimum Gasteiger partial charge on any atom is -0.455 e. The average molecular weight is 682 g/mol. The number of benzene rings is 9. The predicted octanol–water partition coefficient (Wildman–Crippen LogP) is 14.1. The Morgan fingerprint density at radius 1 is 0.434 bits per heavy atom. The Bertz CT molecular complexity index is 3400. The summed E-state index contributed by atoms with van der Waals surface area (Å²) in [6, 6.07) is 54.8. The maximum Gasteiger partial charge on any atom is 0.143 e. The van der Waals surface area contributed by atoms with Gasteiger partial charge in [0, 0.05) is 49.7 Å². The lowest BCUT2D eigenvalue weighted by atomic mass is 10.0. The van der Waals surface area contributed by atoms with Crippen LogP contribution in [0, 0.1) is 0 Å². The third kappa shape index (κ3) is 4.75. The lowest BCUT2D eigenvalue weighted by molar-refractivity contribution is 0.672. The maximum atomic E-state index is 8.60. The third-order valence-corrected chi connectivity index (χ3v) is 10.4. The largest absolute Gasteiger partial charge is 0.455 e. The highest BCUT2D eigenvalue weighted by atomic mass is 16.3. The van der Waals surface area contributed by atoms with Crippen molar-refractivity contribution in [2.45, 2.75) is 0 Å². The van der Waals surface area contributed by atoms with E-state index in [1.54, 1.807) is 0 Å². The van der Waals surface area contributed by atoms with Crippen LogP contribution in [-0.4, -0.2) is 4.57 Å². The molecule has 0 saturated carbocycles. The lowest BCUT2D eigenvalue weighted by Crippen LogP contribution is -2.10. The number of fused-ring (bicyclic) bond motifs is 9. The van der Waals surface area contributed by atoms with Crippen molar-refractivity contribution in [3.8, 4) is 16.8 Å². The highest BCUT2D eigenvalue weighted by Crippen LogP contribution is 2.41. The smallest absolute Gasteiger partial charge is 0.143 e. The molecule has 248 valence electrons. The third-order valence-electron chi connectivity index (χ3n) is 10.4. The van der Waals surface area contributed by atoms with E-state index in [1.165, 1.54) is 10.8 Å². The highest BCUT2D eigenvalue weighted by molar-refractivity contribution is 6.16. The molecule has 53 heavy (non-hydrogen) atoms. The van der Waals surface area contributed by atoms with Crippen LogP contribution in [0.15, 0.2) is 198 Å². The van der Waals surface area contributed by atoms with Crippen LogP contribution in [0.1, 0.15) is 6.85 Å². The van der Waals surface area contributed by atoms with E-state index >= 15 is 0 Å². The first-order valence-corrected chi connectivity index (χ1v) is 17.7. The van der Waals surface area contributed by atoms with Crippen LogP contribution in [0.3, 0.4) is 0 Å². The normalized spacial score (nSPS) is 13.1. The van der Waals surface area contributed by atoms with Crippen molar-refractivity contribution in [1.82, 2.24) is 4.57 Å². The van der Waals surface area contributed by atoms with E-state index in [-0.39, 0.29) is 29.7 Å². The molecule has 2 aromatic heterocycles. The number of aromatic nitrogens is 1. The molecule has 0 spiro atoms. The number of para-hydroxylation sites is 3. The van der Waals surface area contributed by atoms with Gasteiger partial charge in [-0.25, -0.2) is 0 Å². The molecular formula is C50H32N2O. The molecular weight excluding hydrogens is 645 g/mol. The monoisotopic (exact) mass is 681 g/mol. The lowest BCUT2D eigenvalue weighted by Gasteiger charge is -2.26. The molecule has 0 fully saturated rings. The second kappa shape index (κ2) is 11.7. The SMILES string of the molecule is [2H]c1c([2H])c([2H])c(-c2ccc(N(c3ccc4ccc(-n5c6ccccc6c6ccccc65)cc4c3)c3ccc4ccc5c6ccccc6oc5c4c3)cc2)c([2H])c1[2H]. The Morgan fingerprint density at radius 3 is 1.83 bits per heavy atom. The van der Waals surface area contributed by atoms with E-state index in [4.69, 9.17) is 11.3 Å². The van der Waals surface area contributed by atoms with E-state index in [0.29, 0.717) is 5.56 Å². The van der Waals surface area contributed by atoms with Gasteiger partial charge < -0.3 is 13.9 Å². The van der Waals surface area contributed by atoms with Crippen molar-refractivity contribution in [2.24, 2.45) is 0 Å². The molecule has 11 rings (SSSR count). The van der Waals surface area contributed by atoms with E-state index in [0.717, 1.165) is 77.3 Å². The van der Waals surface area contributed by atoms with Crippen molar-refractivity contribution < 1.29 is 11.3 Å². The van der Waals surface area contributed by atoms with Gasteiger partial charge in [-0.1, -0.05) is 121 Å². The summed E-state index contributed by atoms with van der Waals surface area (Å²) in [5, 5.41) is 8.75. The van der Waals surface area contributed by atoms with Crippen molar-refractivity contribution >= 4 is 82.4 Å². The number of rotatable bonds is 5. The summed E-state index contributed by atoms with van der Waals surface area (Å²) in [7, 11) is 0. The maximum absolute atomic E-state index is 8.60. The van der Waals surface area contributed by atoms with Gasteiger partial charge in [0.05, 0.1) is 17.9 Å². The molecule has 0 aliphatic heterocycles. The van der Waals surface area contributed by atoms with E-state index in [1.807, 2.05) is 42.5 Å². The van der Waals surface area contributed by atoms with Gasteiger partial charge in [0.2, 0.25) is 0 Å². The topological polar surface area (TPSA) is 21.3 Å². The van der Waals surface area contributed by atoms with Gasteiger partial charge in [-0.05, 0) is 100 Å². The quantitative estimate of drug-likeness (QED) is 0.180. The van der Waals surface area contributed by atoms with Crippen LogP contribution in [0.5, 0.6) is 0 Å². The molecule has 0 atom stereocenters.